The molecule has 6 nitrogen and oxygen atoms in total. The first-order valence-corrected chi connectivity index (χ1v) is 12.9. The van der Waals surface area contributed by atoms with Crippen LogP contribution in [0.1, 0.15) is 37.5 Å². The van der Waals surface area contributed by atoms with Crippen molar-refractivity contribution in [1.82, 2.24) is 10.6 Å². The molecule has 7 heteroatoms. The van der Waals surface area contributed by atoms with Crippen molar-refractivity contribution in [1.29, 1.82) is 0 Å². The molecule has 0 aromatic heterocycles. The van der Waals surface area contributed by atoms with Gasteiger partial charge in [0.25, 0.3) is 0 Å². The number of thioether (sulfide) groups is 1. The molecule has 190 valence electrons. The van der Waals surface area contributed by atoms with E-state index in [0.717, 1.165) is 16.7 Å². The molecule has 0 saturated heterocycles. The van der Waals surface area contributed by atoms with E-state index in [1.807, 2.05) is 54.6 Å². The summed E-state index contributed by atoms with van der Waals surface area (Å²) >= 11 is 1.56. The second kappa shape index (κ2) is 12.6. The Morgan fingerprint density at radius 1 is 0.833 bits per heavy atom. The number of nitrogens with one attached hydrogen (secondary N) is 2. The molecular formula is C29H34N2O4S. The van der Waals surface area contributed by atoms with Gasteiger partial charge >= 0.3 is 6.09 Å². The van der Waals surface area contributed by atoms with Gasteiger partial charge in [-0.3, -0.25) is 4.79 Å². The molecule has 3 N–H and O–H groups in total. The fraction of sp³-hybridized carbons (Fsp3) is 0.310. The standard InChI is InChI=1S/C29H34N2O4S/c1-28(2,3)35-27(34)31-25(26(33)30-19-20-32)21-36-29(22-13-7-4-8-14-22,23-15-9-5-10-16-23)24-17-11-6-12-18-24/h4-18,25,32H,19-21H2,1-3H3,(H,30,33)(H,31,34). The molecule has 3 aromatic rings. The van der Waals surface area contributed by atoms with Crippen LogP contribution in [0, 0.1) is 0 Å². The van der Waals surface area contributed by atoms with Crippen molar-refractivity contribution in [3.05, 3.63) is 108 Å². The Bertz CT molecular complexity index is 1010. The summed E-state index contributed by atoms with van der Waals surface area (Å²) in [6, 6.07) is 29.5. The second-order valence-electron chi connectivity index (χ2n) is 9.30. The smallest absolute Gasteiger partial charge is 0.408 e. The summed E-state index contributed by atoms with van der Waals surface area (Å²) in [5.74, 6) is -0.125. The van der Waals surface area contributed by atoms with Crippen molar-refractivity contribution in [2.24, 2.45) is 0 Å². The van der Waals surface area contributed by atoms with E-state index >= 15 is 0 Å². The van der Waals surface area contributed by atoms with E-state index in [1.165, 1.54) is 0 Å². The van der Waals surface area contributed by atoms with Gasteiger partial charge in [-0.25, -0.2) is 4.79 Å². The van der Waals surface area contributed by atoms with Gasteiger partial charge in [0.15, 0.2) is 0 Å². The Balaban J connectivity index is 2.03. The van der Waals surface area contributed by atoms with Gasteiger partial charge < -0.3 is 20.5 Å². The van der Waals surface area contributed by atoms with Crippen LogP contribution in [0.5, 0.6) is 0 Å². The number of amides is 2. The van der Waals surface area contributed by atoms with Crippen LogP contribution < -0.4 is 10.6 Å². The van der Waals surface area contributed by atoms with E-state index in [-0.39, 0.29) is 24.8 Å². The van der Waals surface area contributed by atoms with Crippen molar-refractivity contribution < 1.29 is 19.4 Å². The largest absolute Gasteiger partial charge is 0.444 e. The van der Waals surface area contributed by atoms with Gasteiger partial charge in [0.2, 0.25) is 5.91 Å². The highest BCUT2D eigenvalue weighted by Gasteiger charge is 2.38. The molecule has 0 radical (unpaired) electrons. The lowest BCUT2D eigenvalue weighted by Crippen LogP contribution is -2.50. The van der Waals surface area contributed by atoms with E-state index in [0.29, 0.717) is 0 Å². The Labute approximate surface area is 217 Å². The SMILES string of the molecule is CC(C)(C)OC(=O)NC(CSC(c1ccccc1)(c1ccccc1)c1ccccc1)C(=O)NCCO. The molecule has 0 heterocycles. The van der Waals surface area contributed by atoms with Crippen LogP contribution in [0.25, 0.3) is 0 Å². The number of aliphatic hydroxyl groups is 1. The van der Waals surface area contributed by atoms with E-state index in [2.05, 4.69) is 47.0 Å². The zero-order valence-corrected chi connectivity index (χ0v) is 21.8. The number of alkyl carbamates (subject to hydrolysis) is 1. The number of benzene rings is 3. The van der Waals surface area contributed by atoms with E-state index < -0.39 is 22.5 Å². The Kier molecular flexibility index (Phi) is 9.56. The summed E-state index contributed by atoms with van der Waals surface area (Å²) < 4.78 is 4.78. The molecular weight excluding hydrogens is 472 g/mol. The van der Waals surface area contributed by atoms with Crippen LogP contribution in [0.4, 0.5) is 4.79 Å². The molecule has 1 unspecified atom stereocenters. The summed E-state index contributed by atoms with van der Waals surface area (Å²) in [5, 5.41) is 14.6. The van der Waals surface area contributed by atoms with E-state index in [1.54, 1.807) is 32.5 Å². The first-order valence-electron chi connectivity index (χ1n) is 11.9. The van der Waals surface area contributed by atoms with Gasteiger partial charge in [-0.1, -0.05) is 91.0 Å². The maximum atomic E-state index is 13.0. The lowest BCUT2D eigenvalue weighted by Gasteiger charge is -2.36. The van der Waals surface area contributed by atoms with Crippen molar-refractivity contribution in [2.75, 3.05) is 18.9 Å². The third-order valence-corrected chi connectivity index (χ3v) is 7.07. The number of carbonyl (C=O) groups is 2. The topological polar surface area (TPSA) is 87.7 Å². The van der Waals surface area contributed by atoms with Crippen molar-refractivity contribution in [3.8, 4) is 0 Å². The van der Waals surface area contributed by atoms with Gasteiger partial charge in [-0.2, -0.15) is 0 Å². The van der Waals surface area contributed by atoms with E-state index in [9.17, 15) is 14.7 Å². The minimum atomic E-state index is -0.882. The molecule has 0 aliphatic rings. The Hall–Kier alpha value is -3.29. The minimum absolute atomic E-state index is 0.0944. The van der Waals surface area contributed by atoms with Gasteiger partial charge in [-0.05, 0) is 37.5 Å². The number of aliphatic hydroxyl groups excluding tert-OH is 1. The summed E-state index contributed by atoms with van der Waals surface area (Å²) in [7, 11) is 0. The summed E-state index contributed by atoms with van der Waals surface area (Å²) in [6.45, 7) is 5.21. The Morgan fingerprint density at radius 2 is 1.28 bits per heavy atom. The highest BCUT2D eigenvalue weighted by molar-refractivity contribution is 8.00. The van der Waals surface area contributed by atoms with Crippen LogP contribution >= 0.6 is 11.8 Å². The number of rotatable bonds is 10. The predicted octanol–water partition coefficient (Wildman–Crippen LogP) is 4.71. The molecule has 0 aliphatic carbocycles. The third-order valence-electron chi connectivity index (χ3n) is 5.43. The average Bonchev–Trinajstić information content (AvgIpc) is 2.87. The van der Waals surface area contributed by atoms with E-state index in [4.69, 9.17) is 4.74 Å². The fourth-order valence-corrected chi connectivity index (χ4v) is 5.47. The second-order valence-corrected chi connectivity index (χ2v) is 10.5. The lowest BCUT2D eigenvalue weighted by molar-refractivity contribution is -0.122. The number of ether oxygens (including phenoxy) is 1. The van der Waals surface area contributed by atoms with Crippen LogP contribution in [0.2, 0.25) is 0 Å². The minimum Gasteiger partial charge on any atom is -0.444 e. The number of hydrogen-bond donors (Lipinski definition) is 3. The van der Waals surface area contributed by atoms with Crippen LogP contribution in [0.3, 0.4) is 0 Å². The molecule has 3 aromatic carbocycles. The van der Waals surface area contributed by atoms with Crippen molar-refractivity contribution in [2.45, 2.75) is 37.2 Å². The highest BCUT2D eigenvalue weighted by atomic mass is 32.2. The maximum absolute atomic E-state index is 13.0. The fourth-order valence-electron chi connectivity index (χ4n) is 3.91. The maximum Gasteiger partial charge on any atom is 0.408 e. The average molecular weight is 507 g/mol. The highest BCUT2D eigenvalue weighted by Crippen LogP contribution is 2.48. The number of carbonyl (C=O) groups excluding carboxylic acids is 2. The molecule has 0 bridgehead atoms. The zero-order valence-electron chi connectivity index (χ0n) is 20.9. The first-order chi connectivity index (χ1) is 17.3. The molecule has 0 aliphatic heterocycles. The summed E-state index contributed by atoms with van der Waals surface area (Å²) in [6.07, 6.45) is -0.669. The molecule has 0 saturated carbocycles. The van der Waals surface area contributed by atoms with Gasteiger partial charge in [0, 0.05) is 12.3 Å². The van der Waals surface area contributed by atoms with Crippen LogP contribution in [-0.4, -0.2) is 47.7 Å². The van der Waals surface area contributed by atoms with Crippen LogP contribution in [0.15, 0.2) is 91.0 Å². The molecule has 0 spiro atoms. The van der Waals surface area contributed by atoms with Gasteiger partial charge in [0.05, 0.1) is 11.4 Å². The number of hydrogen-bond acceptors (Lipinski definition) is 5. The van der Waals surface area contributed by atoms with Crippen LogP contribution in [-0.2, 0) is 14.3 Å². The Morgan fingerprint density at radius 3 is 1.67 bits per heavy atom. The molecule has 1 atom stereocenters. The van der Waals surface area contributed by atoms with Gasteiger partial charge in [-0.15, -0.1) is 11.8 Å². The molecule has 0 fully saturated rings. The zero-order chi connectivity index (χ0) is 26.0. The van der Waals surface area contributed by atoms with Crippen molar-refractivity contribution in [3.63, 3.8) is 0 Å². The quantitative estimate of drug-likeness (QED) is 0.347. The summed E-state index contributed by atoms with van der Waals surface area (Å²) in [5.41, 5.74) is 2.46. The predicted molar refractivity (Wildman–Crippen MR) is 145 cm³/mol. The molecule has 3 rings (SSSR count). The molecule has 36 heavy (non-hydrogen) atoms. The molecule has 2 amide bonds. The summed E-state index contributed by atoms with van der Waals surface area (Å²) in [4.78, 5) is 25.6. The monoisotopic (exact) mass is 506 g/mol. The normalized spacial score (nSPS) is 12.4. The third kappa shape index (κ3) is 7.12. The lowest BCUT2D eigenvalue weighted by atomic mass is 9.84. The van der Waals surface area contributed by atoms with Crippen molar-refractivity contribution >= 4 is 23.8 Å². The van der Waals surface area contributed by atoms with Gasteiger partial charge in [0.1, 0.15) is 11.6 Å². The first kappa shape index (κ1) is 27.3.